The average molecular weight is 395 g/mol. The summed E-state index contributed by atoms with van der Waals surface area (Å²) < 4.78 is 11.4. The van der Waals surface area contributed by atoms with Crippen LogP contribution in [0, 0.1) is 11.8 Å². The van der Waals surface area contributed by atoms with Crippen LogP contribution < -0.4 is 4.74 Å². The van der Waals surface area contributed by atoms with Crippen molar-refractivity contribution in [3.8, 4) is 11.5 Å². The molecule has 5 heteroatoms. The number of fused-ring (bicyclic) bond motifs is 2. The number of amides is 1. The van der Waals surface area contributed by atoms with E-state index >= 15 is 0 Å². The SMILES string of the molecule is CC(C)CN(CC(C)C)C(=O)COC(=O)C1c2ccccc2Oc2ccccc21. The molecule has 0 saturated carbocycles. The fourth-order valence-electron chi connectivity index (χ4n) is 3.63. The van der Waals surface area contributed by atoms with Crippen molar-refractivity contribution in [2.24, 2.45) is 11.8 Å². The molecule has 0 bridgehead atoms. The molecule has 0 unspecified atom stereocenters. The van der Waals surface area contributed by atoms with E-state index in [1.807, 2.05) is 48.5 Å². The van der Waals surface area contributed by atoms with Crippen molar-refractivity contribution in [2.45, 2.75) is 33.6 Å². The van der Waals surface area contributed by atoms with Crippen LogP contribution in [0.1, 0.15) is 44.7 Å². The van der Waals surface area contributed by atoms with Crippen molar-refractivity contribution < 1.29 is 19.1 Å². The zero-order chi connectivity index (χ0) is 21.0. The second-order valence-electron chi connectivity index (χ2n) is 8.30. The highest BCUT2D eigenvalue weighted by molar-refractivity contribution is 5.87. The lowest BCUT2D eigenvalue weighted by atomic mass is 9.88. The summed E-state index contributed by atoms with van der Waals surface area (Å²) in [4.78, 5) is 27.5. The average Bonchev–Trinajstić information content (AvgIpc) is 2.68. The lowest BCUT2D eigenvalue weighted by Crippen LogP contribution is -2.40. The molecule has 0 aromatic heterocycles. The Labute approximate surface area is 172 Å². The topological polar surface area (TPSA) is 55.8 Å². The van der Waals surface area contributed by atoms with E-state index < -0.39 is 11.9 Å². The van der Waals surface area contributed by atoms with Gasteiger partial charge in [0.25, 0.3) is 5.91 Å². The molecule has 2 aromatic carbocycles. The van der Waals surface area contributed by atoms with Gasteiger partial charge in [-0.15, -0.1) is 0 Å². The quantitative estimate of drug-likeness (QED) is 0.643. The molecule has 5 nitrogen and oxygen atoms in total. The molecule has 154 valence electrons. The smallest absolute Gasteiger partial charge is 0.318 e. The molecule has 0 N–H and O–H groups in total. The number of carbonyl (C=O) groups is 2. The summed E-state index contributed by atoms with van der Waals surface area (Å²) in [5.41, 5.74) is 1.51. The molecule has 0 atom stereocenters. The number of ether oxygens (including phenoxy) is 2. The number of benzene rings is 2. The highest BCUT2D eigenvalue weighted by Gasteiger charge is 2.34. The van der Waals surface area contributed by atoms with Crippen molar-refractivity contribution >= 4 is 11.9 Å². The van der Waals surface area contributed by atoms with Crippen LogP contribution in [0.5, 0.6) is 11.5 Å². The Kier molecular flexibility index (Phi) is 6.57. The molecule has 29 heavy (non-hydrogen) atoms. The Morgan fingerprint density at radius 1 is 0.897 bits per heavy atom. The third-order valence-corrected chi connectivity index (χ3v) is 4.78. The number of esters is 1. The molecule has 1 amide bonds. The number of para-hydroxylation sites is 2. The molecule has 0 fully saturated rings. The van der Waals surface area contributed by atoms with E-state index in [9.17, 15) is 9.59 Å². The molecule has 0 spiro atoms. The van der Waals surface area contributed by atoms with Gasteiger partial charge in [0.2, 0.25) is 0 Å². The van der Waals surface area contributed by atoms with Gasteiger partial charge in [0, 0.05) is 24.2 Å². The van der Waals surface area contributed by atoms with E-state index in [2.05, 4.69) is 27.7 Å². The molecule has 2 aromatic rings. The van der Waals surface area contributed by atoms with Gasteiger partial charge in [0.15, 0.2) is 6.61 Å². The van der Waals surface area contributed by atoms with Gasteiger partial charge in [-0.1, -0.05) is 64.1 Å². The summed E-state index contributed by atoms with van der Waals surface area (Å²) in [6.07, 6.45) is 0. The fraction of sp³-hybridized carbons (Fsp3) is 0.417. The van der Waals surface area contributed by atoms with Gasteiger partial charge in [-0.25, -0.2) is 0 Å². The maximum atomic E-state index is 13.0. The maximum absolute atomic E-state index is 13.0. The molecule has 1 aliphatic rings. The highest BCUT2D eigenvalue weighted by atomic mass is 16.5. The monoisotopic (exact) mass is 395 g/mol. The van der Waals surface area contributed by atoms with Gasteiger partial charge in [-0.05, 0) is 24.0 Å². The first-order valence-corrected chi connectivity index (χ1v) is 10.2. The largest absolute Gasteiger partial charge is 0.457 e. The van der Waals surface area contributed by atoms with E-state index in [1.54, 1.807) is 4.90 Å². The minimum Gasteiger partial charge on any atom is -0.457 e. The molecule has 1 aliphatic heterocycles. The van der Waals surface area contributed by atoms with Crippen LogP contribution in [0.2, 0.25) is 0 Å². The van der Waals surface area contributed by atoms with E-state index in [0.29, 0.717) is 36.4 Å². The second kappa shape index (κ2) is 9.12. The van der Waals surface area contributed by atoms with Gasteiger partial charge < -0.3 is 14.4 Å². The summed E-state index contributed by atoms with van der Waals surface area (Å²) in [6, 6.07) is 14.9. The van der Waals surface area contributed by atoms with Crippen molar-refractivity contribution in [1.82, 2.24) is 4.90 Å². The predicted molar refractivity (Wildman–Crippen MR) is 112 cm³/mol. The van der Waals surface area contributed by atoms with Crippen LogP contribution in [0.4, 0.5) is 0 Å². The Bertz CT molecular complexity index is 819. The minimum atomic E-state index is -0.604. The summed E-state index contributed by atoms with van der Waals surface area (Å²) in [5, 5.41) is 0. The Hall–Kier alpha value is -2.82. The number of nitrogens with zero attached hydrogens (tertiary/aromatic N) is 1. The van der Waals surface area contributed by atoms with Crippen molar-refractivity contribution in [3.05, 3.63) is 59.7 Å². The van der Waals surface area contributed by atoms with Crippen LogP contribution in [0.15, 0.2) is 48.5 Å². The number of hydrogen-bond acceptors (Lipinski definition) is 4. The van der Waals surface area contributed by atoms with Gasteiger partial charge in [0.05, 0.1) is 0 Å². The van der Waals surface area contributed by atoms with Gasteiger partial charge in [-0.2, -0.15) is 0 Å². The van der Waals surface area contributed by atoms with Crippen LogP contribution in [-0.4, -0.2) is 36.5 Å². The molecule has 0 saturated heterocycles. The minimum absolute atomic E-state index is 0.158. The zero-order valence-corrected chi connectivity index (χ0v) is 17.6. The third-order valence-electron chi connectivity index (χ3n) is 4.78. The third kappa shape index (κ3) is 4.97. The standard InChI is InChI=1S/C24H29NO4/c1-16(2)13-25(14-17(3)4)22(26)15-28-24(27)23-18-9-5-7-11-20(18)29-21-12-8-6-10-19(21)23/h5-12,16-17,23H,13-15H2,1-4H3. The van der Waals surface area contributed by atoms with Crippen LogP contribution >= 0.6 is 0 Å². The van der Waals surface area contributed by atoms with Crippen molar-refractivity contribution in [3.63, 3.8) is 0 Å². The first kappa shape index (κ1) is 20.9. The Balaban J connectivity index is 1.76. The number of hydrogen-bond donors (Lipinski definition) is 0. The van der Waals surface area contributed by atoms with Gasteiger partial charge >= 0.3 is 5.97 Å². The normalized spacial score (nSPS) is 12.9. The molecule has 1 heterocycles. The zero-order valence-electron chi connectivity index (χ0n) is 17.6. The van der Waals surface area contributed by atoms with E-state index in [4.69, 9.17) is 9.47 Å². The fourth-order valence-corrected chi connectivity index (χ4v) is 3.63. The summed E-state index contributed by atoms with van der Waals surface area (Å²) in [5.74, 6) is 0.782. The first-order valence-electron chi connectivity index (χ1n) is 10.2. The van der Waals surface area contributed by atoms with Crippen molar-refractivity contribution in [2.75, 3.05) is 19.7 Å². The lowest BCUT2D eigenvalue weighted by molar-refractivity contribution is -0.153. The summed E-state index contributed by atoms with van der Waals surface area (Å²) in [6.45, 7) is 9.34. The molecular formula is C24H29NO4. The first-order chi connectivity index (χ1) is 13.9. The molecule has 0 aliphatic carbocycles. The van der Waals surface area contributed by atoms with E-state index in [-0.39, 0.29) is 12.5 Å². The van der Waals surface area contributed by atoms with E-state index in [0.717, 1.165) is 11.1 Å². The van der Waals surface area contributed by atoms with E-state index in [1.165, 1.54) is 0 Å². The van der Waals surface area contributed by atoms with Crippen LogP contribution in [0.3, 0.4) is 0 Å². The summed E-state index contributed by atoms with van der Waals surface area (Å²) >= 11 is 0. The number of carbonyl (C=O) groups excluding carboxylic acids is 2. The molecule has 0 radical (unpaired) electrons. The van der Waals surface area contributed by atoms with Gasteiger partial charge in [-0.3, -0.25) is 9.59 Å². The second-order valence-corrected chi connectivity index (χ2v) is 8.30. The van der Waals surface area contributed by atoms with Crippen molar-refractivity contribution in [1.29, 1.82) is 0 Å². The highest BCUT2D eigenvalue weighted by Crippen LogP contribution is 2.44. The molecular weight excluding hydrogens is 366 g/mol. The maximum Gasteiger partial charge on any atom is 0.318 e. The van der Waals surface area contributed by atoms with Crippen LogP contribution in [0.25, 0.3) is 0 Å². The number of rotatable bonds is 7. The van der Waals surface area contributed by atoms with Crippen LogP contribution in [-0.2, 0) is 14.3 Å². The summed E-state index contributed by atoms with van der Waals surface area (Å²) in [7, 11) is 0. The molecule has 3 rings (SSSR count). The Morgan fingerprint density at radius 2 is 1.38 bits per heavy atom. The Morgan fingerprint density at radius 3 is 1.86 bits per heavy atom. The predicted octanol–water partition coefficient (Wildman–Crippen LogP) is 4.61. The lowest BCUT2D eigenvalue weighted by Gasteiger charge is -2.28. The van der Waals surface area contributed by atoms with Gasteiger partial charge in [0.1, 0.15) is 17.4 Å².